The average Bonchev–Trinajstić information content (AvgIpc) is 3.52. The molecule has 9 nitrogen and oxygen atoms in total. The number of benzene rings is 3. The quantitative estimate of drug-likeness (QED) is 0.271. The summed E-state index contributed by atoms with van der Waals surface area (Å²) in [7, 11) is -1.44. The molecule has 3 aromatic carbocycles. The molecular formula is C31H35Cl2N3O6S. The van der Waals surface area contributed by atoms with Crippen LogP contribution in [-0.2, 0) is 26.2 Å². The normalized spacial score (nSPS) is 14.2. The van der Waals surface area contributed by atoms with Gasteiger partial charge in [0.2, 0.25) is 11.8 Å². The highest BCUT2D eigenvalue weighted by molar-refractivity contribution is 7.92. The number of methoxy groups -OCH3 is 2. The minimum Gasteiger partial charge on any atom is -0.497 e. The zero-order chi connectivity index (χ0) is 31.1. The first kappa shape index (κ1) is 32.4. The van der Waals surface area contributed by atoms with Gasteiger partial charge in [0.25, 0.3) is 10.0 Å². The largest absolute Gasteiger partial charge is 0.497 e. The number of amides is 2. The maximum atomic E-state index is 14.3. The Kier molecular flexibility index (Phi) is 10.8. The number of nitrogens with one attached hydrogen (secondary N) is 1. The molecule has 0 saturated heterocycles. The lowest BCUT2D eigenvalue weighted by atomic mass is 10.1. The van der Waals surface area contributed by atoms with E-state index in [0.29, 0.717) is 21.4 Å². The van der Waals surface area contributed by atoms with E-state index in [1.54, 1.807) is 55.5 Å². The third-order valence-corrected chi connectivity index (χ3v) is 10.0. The predicted octanol–water partition coefficient (Wildman–Crippen LogP) is 5.68. The second-order valence-electron chi connectivity index (χ2n) is 10.3. The van der Waals surface area contributed by atoms with Crippen LogP contribution in [0.2, 0.25) is 10.0 Å². The minimum atomic E-state index is -4.30. The summed E-state index contributed by atoms with van der Waals surface area (Å²) in [6.45, 7) is 0.837. The van der Waals surface area contributed by atoms with Crippen LogP contribution in [0.15, 0.2) is 71.6 Å². The Morgan fingerprint density at radius 3 is 2.21 bits per heavy atom. The van der Waals surface area contributed by atoms with Crippen LogP contribution in [0.3, 0.4) is 0 Å². The van der Waals surface area contributed by atoms with E-state index in [9.17, 15) is 18.0 Å². The first-order chi connectivity index (χ1) is 20.6. The van der Waals surface area contributed by atoms with Gasteiger partial charge in [-0.1, -0.05) is 60.3 Å². The molecule has 1 unspecified atom stereocenters. The summed E-state index contributed by atoms with van der Waals surface area (Å²) in [6, 6.07) is 16.5. The number of ether oxygens (including phenoxy) is 2. The van der Waals surface area contributed by atoms with Crippen LogP contribution in [0.5, 0.6) is 11.5 Å². The van der Waals surface area contributed by atoms with Crippen molar-refractivity contribution in [2.45, 2.75) is 56.1 Å². The van der Waals surface area contributed by atoms with Crippen molar-refractivity contribution >= 4 is 50.7 Å². The summed E-state index contributed by atoms with van der Waals surface area (Å²) in [5.74, 6) is -0.421. The summed E-state index contributed by atoms with van der Waals surface area (Å²) in [5.41, 5.74) is 0.536. The minimum absolute atomic E-state index is 0.0202. The number of nitrogens with zero attached hydrogens (tertiary/aromatic N) is 2. The van der Waals surface area contributed by atoms with Gasteiger partial charge in [-0.15, -0.1) is 0 Å². The molecule has 1 atom stereocenters. The van der Waals surface area contributed by atoms with Gasteiger partial charge in [0, 0.05) is 34.3 Å². The molecule has 0 aromatic heterocycles. The molecule has 1 aliphatic carbocycles. The Bertz CT molecular complexity index is 1530. The van der Waals surface area contributed by atoms with Crippen LogP contribution in [0, 0.1) is 0 Å². The van der Waals surface area contributed by atoms with Crippen LogP contribution >= 0.6 is 23.2 Å². The second-order valence-corrected chi connectivity index (χ2v) is 12.9. The van der Waals surface area contributed by atoms with Crippen molar-refractivity contribution in [3.8, 4) is 11.5 Å². The first-order valence-corrected chi connectivity index (χ1v) is 16.1. The second kappa shape index (κ2) is 14.3. The van der Waals surface area contributed by atoms with Crippen LogP contribution < -0.4 is 19.1 Å². The van der Waals surface area contributed by atoms with Gasteiger partial charge < -0.3 is 19.7 Å². The summed E-state index contributed by atoms with van der Waals surface area (Å²) < 4.78 is 40.0. The number of carbonyl (C=O) groups is 2. The lowest BCUT2D eigenvalue weighted by Gasteiger charge is -2.33. The molecule has 12 heteroatoms. The third kappa shape index (κ3) is 7.55. The van der Waals surface area contributed by atoms with Gasteiger partial charge >= 0.3 is 0 Å². The molecule has 43 heavy (non-hydrogen) atoms. The molecule has 0 aliphatic heterocycles. The highest BCUT2D eigenvalue weighted by atomic mass is 35.5. The molecule has 0 radical (unpaired) electrons. The van der Waals surface area contributed by atoms with Crippen molar-refractivity contribution in [1.82, 2.24) is 10.2 Å². The number of carbonyl (C=O) groups excluding carboxylic acids is 2. The van der Waals surface area contributed by atoms with Crippen molar-refractivity contribution in [2.24, 2.45) is 0 Å². The van der Waals surface area contributed by atoms with Crippen molar-refractivity contribution in [1.29, 1.82) is 0 Å². The fourth-order valence-electron chi connectivity index (χ4n) is 5.05. The highest BCUT2D eigenvalue weighted by Gasteiger charge is 2.35. The molecular weight excluding hydrogens is 613 g/mol. The predicted molar refractivity (Wildman–Crippen MR) is 167 cm³/mol. The number of sulfonamides is 1. The van der Waals surface area contributed by atoms with Crippen LogP contribution in [0.4, 0.5) is 5.69 Å². The molecule has 2 amide bonds. The molecule has 1 N–H and O–H groups in total. The van der Waals surface area contributed by atoms with Gasteiger partial charge in [0.15, 0.2) is 0 Å². The first-order valence-electron chi connectivity index (χ1n) is 13.9. The fraction of sp³-hybridized carbons (Fsp3) is 0.355. The number of anilines is 1. The van der Waals surface area contributed by atoms with Gasteiger partial charge in [0.1, 0.15) is 24.1 Å². The lowest BCUT2D eigenvalue weighted by Crippen LogP contribution is -2.52. The monoisotopic (exact) mass is 647 g/mol. The summed E-state index contributed by atoms with van der Waals surface area (Å²) in [6.07, 6.45) is 3.76. The highest BCUT2D eigenvalue weighted by Crippen LogP contribution is 2.36. The van der Waals surface area contributed by atoms with Crippen LogP contribution in [0.1, 0.15) is 38.2 Å². The number of hydrogen-bond acceptors (Lipinski definition) is 6. The van der Waals surface area contributed by atoms with E-state index in [2.05, 4.69) is 5.32 Å². The Morgan fingerprint density at radius 2 is 1.60 bits per heavy atom. The van der Waals surface area contributed by atoms with Crippen molar-refractivity contribution in [3.63, 3.8) is 0 Å². The summed E-state index contributed by atoms with van der Waals surface area (Å²) in [5, 5.41) is 3.67. The summed E-state index contributed by atoms with van der Waals surface area (Å²) in [4.78, 5) is 29.0. The van der Waals surface area contributed by atoms with E-state index < -0.39 is 28.5 Å². The zero-order valence-electron chi connectivity index (χ0n) is 24.3. The van der Waals surface area contributed by atoms with E-state index >= 15 is 0 Å². The molecule has 0 bridgehead atoms. The van der Waals surface area contributed by atoms with Gasteiger partial charge in [-0.05, 0) is 56.2 Å². The zero-order valence-corrected chi connectivity index (χ0v) is 26.6. The molecule has 1 saturated carbocycles. The van der Waals surface area contributed by atoms with Crippen LogP contribution in [-0.4, -0.2) is 58.0 Å². The van der Waals surface area contributed by atoms with Gasteiger partial charge in [-0.25, -0.2) is 8.42 Å². The van der Waals surface area contributed by atoms with E-state index in [1.165, 1.54) is 37.3 Å². The van der Waals surface area contributed by atoms with Gasteiger partial charge in [-0.3, -0.25) is 13.9 Å². The van der Waals surface area contributed by atoms with Gasteiger partial charge in [-0.2, -0.15) is 0 Å². The van der Waals surface area contributed by atoms with Crippen molar-refractivity contribution in [2.75, 3.05) is 25.1 Å². The van der Waals surface area contributed by atoms with Crippen molar-refractivity contribution < 1.29 is 27.5 Å². The molecule has 1 aliphatic rings. The van der Waals surface area contributed by atoms with E-state index in [-0.39, 0.29) is 34.8 Å². The lowest BCUT2D eigenvalue weighted by molar-refractivity contribution is -0.139. The van der Waals surface area contributed by atoms with Crippen molar-refractivity contribution in [3.05, 3.63) is 82.3 Å². The molecule has 0 spiro atoms. The summed E-state index contributed by atoms with van der Waals surface area (Å²) >= 11 is 12.9. The van der Waals surface area contributed by atoms with E-state index in [0.717, 1.165) is 30.0 Å². The molecule has 1 fully saturated rings. The molecule has 3 aromatic rings. The van der Waals surface area contributed by atoms with Crippen LogP contribution in [0.25, 0.3) is 0 Å². The maximum absolute atomic E-state index is 14.3. The SMILES string of the molecule is COc1ccc(OC)c(N(CC(=O)N(Cc2c(Cl)cccc2Cl)C(C)C(=O)NC2CCCC2)S(=O)(=O)c2ccccc2)c1. The third-order valence-electron chi connectivity index (χ3n) is 7.52. The Balaban J connectivity index is 1.78. The van der Waals surface area contributed by atoms with E-state index in [1.807, 2.05) is 0 Å². The Hall–Kier alpha value is -3.47. The molecule has 0 heterocycles. The standard InChI is InChI=1S/C31H35Cl2N3O6S/c1-21(31(38)34-22-10-7-8-11-22)35(19-25-26(32)14-9-15-27(25)33)30(37)20-36(43(39,40)24-12-5-4-6-13-24)28-18-23(41-2)16-17-29(28)42-3/h4-6,9,12-18,21-22H,7-8,10-11,19-20H2,1-3H3,(H,34,38). The maximum Gasteiger partial charge on any atom is 0.264 e. The Labute approximate surface area is 262 Å². The fourth-order valence-corrected chi connectivity index (χ4v) is 7.01. The molecule has 230 valence electrons. The number of rotatable bonds is 12. The Morgan fingerprint density at radius 1 is 0.953 bits per heavy atom. The molecule has 4 rings (SSSR count). The smallest absolute Gasteiger partial charge is 0.264 e. The topological polar surface area (TPSA) is 105 Å². The number of halogens is 2. The van der Waals surface area contributed by atoms with Gasteiger partial charge in [0.05, 0.1) is 24.8 Å². The van der Waals surface area contributed by atoms with E-state index in [4.69, 9.17) is 32.7 Å². The average molecular weight is 649 g/mol. The number of hydrogen-bond donors (Lipinski definition) is 1.